The van der Waals surface area contributed by atoms with Crippen molar-refractivity contribution in [2.45, 2.75) is 19.8 Å². The second-order valence-corrected chi connectivity index (χ2v) is 4.02. The summed E-state index contributed by atoms with van der Waals surface area (Å²) >= 11 is 1.28. The first-order valence-electron chi connectivity index (χ1n) is 5.16. The highest BCUT2D eigenvalue weighted by molar-refractivity contribution is 7.13. The molecule has 0 aliphatic carbocycles. The van der Waals surface area contributed by atoms with Gasteiger partial charge in [0, 0.05) is 11.8 Å². The van der Waals surface area contributed by atoms with E-state index in [1.807, 2.05) is 0 Å². The Morgan fingerprint density at radius 2 is 2.41 bits per heavy atom. The number of hydrogen-bond donors (Lipinski definition) is 1. The number of thiazole rings is 1. The van der Waals surface area contributed by atoms with Gasteiger partial charge in [0.1, 0.15) is 0 Å². The lowest BCUT2D eigenvalue weighted by Crippen LogP contribution is -2.10. The first kappa shape index (κ1) is 13.4. The van der Waals surface area contributed by atoms with Gasteiger partial charge >= 0.3 is 5.97 Å². The predicted octanol–water partition coefficient (Wildman–Crippen LogP) is 1.76. The smallest absolute Gasteiger partial charge is 0.311 e. The Kier molecular flexibility index (Phi) is 5.35. The fourth-order valence-corrected chi connectivity index (χ4v) is 1.83. The lowest BCUT2D eigenvalue weighted by molar-refractivity contribution is -0.142. The molecule has 0 aromatic carbocycles. The predicted molar refractivity (Wildman–Crippen MR) is 65.9 cm³/mol. The molecule has 92 valence electrons. The number of hydrogen-bond acceptors (Lipinski definition) is 5. The first-order valence-corrected chi connectivity index (χ1v) is 6.04. The van der Waals surface area contributed by atoms with Crippen LogP contribution in [0, 0.1) is 0 Å². The summed E-state index contributed by atoms with van der Waals surface area (Å²) in [5, 5.41) is 4.82. The van der Waals surface area contributed by atoms with E-state index in [4.69, 9.17) is 4.74 Å². The average Bonchev–Trinajstić information content (AvgIpc) is 2.66. The van der Waals surface area contributed by atoms with E-state index in [2.05, 4.69) is 16.9 Å². The standard InChI is InChI=1S/C11H14N2O3S/c1-3-5-9(14)13-11-12-8(7-17-11)6-10(15)16-4-2/h3,7H,1,4-6H2,2H3,(H,12,13,14). The van der Waals surface area contributed by atoms with Crippen molar-refractivity contribution in [3.8, 4) is 0 Å². The largest absolute Gasteiger partial charge is 0.466 e. The zero-order chi connectivity index (χ0) is 12.7. The van der Waals surface area contributed by atoms with Crippen molar-refractivity contribution in [2.75, 3.05) is 11.9 Å². The Balaban J connectivity index is 2.50. The van der Waals surface area contributed by atoms with E-state index in [-0.39, 0.29) is 24.7 Å². The summed E-state index contributed by atoms with van der Waals surface area (Å²) in [5.74, 6) is -0.487. The highest BCUT2D eigenvalue weighted by Gasteiger charge is 2.09. The average molecular weight is 254 g/mol. The number of carbonyl (C=O) groups excluding carboxylic acids is 2. The van der Waals surface area contributed by atoms with Gasteiger partial charge < -0.3 is 10.1 Å². The molecule has 0 unspecified atom stereocenters. The van der Waals surface area contributed by atoms with Crippen LogP contribution in [-0.4, -0.2) is 23.5 Å². The van der Waals surface area contributed by atoms with Gasteiger partial charge in [-0.3, -0.25) is 9.59 Å². The quantitative estimate of drug-likeness (QED) is 0.620. The molecule has 0 spiro atoms. The van der Waals surface area contributed by atoms with Crippen molar-refractivity contribution in [3.63, 3.8) is 0 Å². The summed E-state index contributed by atoms with van der Waals surface area (Å²) in [6, 6.07) is 0. The van der Waals surface area contributed by atoms with Gasteiger partial charge in [-0.2, -0.15) is 0 Å². The van der Waals surface area contributed by atoms with E-state index in [0.717, 1.165) is 0 Å². The van der Waals surface area contributed by atoms with Crippen LogP contribution < -0.4 is 5.32 Å². The second kappa shape index (κ2) is 6.80. The number of carbonyl (C=O) groups is 2. The van der Waals surface area contributed by atoms with Gasteiger partial charge in [0.05, 0.1) is 18.7 Å². The van der Waals surface area contributed by atoms with Crippen LogP contribution in [-0.2, 0) is 20.7 Å². The third-order valence-electron chi connectivity index (χ3n) is 1.76. The van der Waals surface area contributed by atoms with Gasteiger partial charge in [-0.1, -0.05) is 6.08 Å². The van der Waals surface area contributed by atoms with Crippen LogP contribution in [0.4, 0.5) is 5.13 Å². The molecule has 0 saturated heterocycles. The fourth-order valence-electron chi connectivity index (χ4n) is 1.11. The van der Waals surface area contributed by atoms with Crippen molar-refractivity contribution < 1.29 is 14.3 Å². The number of esters is 1. The molecule has 1 N–H and O–H groups in total. The number of aromatic nitrogens is 1. The molecule has 0 atom stereocenters. The number of rotatable bonds is 6. The Labute approximate surface area is 104 Å². The highest BCUT2D eigenvalue weighted by atomic mass is 32.1. The summed E-state index contributed by atoms with van der Waals surface area (Å²) in [6.07, 6.45) is 1.89. The van der Waals surface area contributed by atoms with Gasteiger partial charge in [-0.25, -0.2) is 4.98 Å². The fraction of sp³-hybridized carbons (Fsp3) is 0.364. The summed E-state index contributed by atoms with van der Waals surface area (Å²) in [4.78, 5) is 26.5. The SMILES string of the molecule is C=CCC(=O)Nc1nc(CC(=O)OCC)cs1. The van der Waals surface area contributed by atoms with Crippen LogP contribution in [0.5, 0.6) is 0 Å². The molecule has 1 amide bonds. The summed E-state index contributed by atoms with van der Waals surface area (Å²) < 4.78 is 4.80. The van der Waals surface area contributed by atoms with Crippen LogP contribution in [0.1, 0.15) is 19.0 Å². The molecule has 0 fully saturated rings. The number of ether oxygens (including phenoxy) is 1. The molecule has 6 heteroatoms. The van der Waals surface area contributed by atoms with Crippen molar-refractivity contribution in [1.82, 2.24) is 4.98 Å². The third kappa shape index (κ3) is 4.78. The Bertz CT molecular complexity index is 415. The Morgan fingerprint density at radius 3 is 3.06 bits per heavy atom. The summed E-state index contributed by atoms with van der Waals surface area (Å²) in [6.45, 7) is 5.57. The number of nitrogens with one attached hydrogen (secondary N) is 1. The molecule has 1 heterocycles. The second-order valence-electron chi connectivity index (χ2n) is 3.17. The van der Waals surface area contributed by atoms with Crippen LogP contribution in [0.15, 0.2) is 18.0 Å². The topological polar surface area (TPSA) is 68.3 Å². The van der Waals surface area contributed by atoms with E-state index >= 15 is 0 Å². The first-order chi connectivity index (χ1) is 8.15. The van der Waals surface area contributed by atoms with Crippen LogP contribution in [0.2, 0.25) is 0 Å². The maximum Gasteiger partial charge on any atom is 0.311 e. The van der Waals surface area contributed by atoms with Crippen molar-refractivity contribution >= 4 is 28.3 Å². The summed E-state index contributed by atoms with van der Waals surface area (Å²) in [5.41, 5.74) is 0.599. The van der Waals surface area contributed by atoms with Crippen molar-refractivity contribution in [3.05, 3.63) is 23.7 Å². The van der Waals surface area contributed by atoms with Crippen LogP contribution in [0.3, 0.4) is 0 Å². The zero-order valence-corrected chi connectivity index (χ0v) is 10.4. The number of nitrogens with zero attached hydrogens (tertiary/aromatic N) is 1. The van der Waals surface area contributed by atoms with Crippen molar-refractivity contribution in [2.24, 2.45) is 0 Å². The molecule has 0 radical (unpaired) electrons. The molecule has 0 aliphatic rings. The van der Waals surface area contributed by atoms with Gasteiger partial charge in [-0.05, 0) is 6.92 Å². The minimum Gasteiger partial charge on any atom is -0.466 e. The molecule has 0 saturated carbocycles. The lowest BCUT2D eigenvalue weighted by Gasteiger charge is -1.99. The molecular weight excluding hydrogens is 240 g/mol. The summed E-state index contributed by atoms with van der Waals surface area (Å²) in [7, 11) is 0. The van der Waals surface area contributed by atoms with E-state index in [1.165, 1.54) is 17.4 Å². The van der Waals surface area contributed by atoms with E-state index in [9.17, 15) is 9.59 Å². The Morgan fingerprint density at radius 1 is 1.65 bits per heavy atom. The van der Waals surface area contributed by atoms with Gasteiger partial charge in [-0.15, -0.1) is 17.9 Å². The lowest BCUT2D eigenvalue weighted by atomic mass is 10.3. The normalized spacial score (nSPS) is 9.71. The molecule has 1 aromatic heterocycles. The molecular formula is C11H14N2O3S. The van der Waals surface area contributed by atoms with Gasteiger partial charge in [0.2, 0.25) is 5.91 Å². The van der Waals surface area contributed by atoms with Crippen LogP contribution in [0.25, 0.3) is 0 Å². The molecule has 1 aromatic rings. The molecule has 0 bridgehead atoms. The number of anilines is 1. The van der Waals surface area contributed by atoms with E-state index in [1.54, 1.807) is 12.3 Å². The minimum absolute atomic E-state index is 0.127. The van der Waals surface area contributed by atoms with E-state index < -0.39 is 0 Å². The number of amides is 1. The molecule has 1 rings (SSSR count). The molecule has 17 heavy (non-hydrogen) atoms. The van der Waals surface area contributed by atoms with E-state index in [0.29, 0.717) is 17.4 Å². The third-order valence-corrected chi connectivity index (χ3v) is 2.57. The zero-order valence-electron chi connectivity index (χ0n) is 9.56. The highest BCUT2D eigenvalue weighted by Crippen LogP contribution is 2.16. The molecule has 0 aliphatic heterocycles. The van der Waals surface area contributed by atoms with Crippen molar-refractivity contribution in [1.29, 1.82) is 0 Å². The maximum atomic E-state index is 11.2. The van der Waals surface area contributed by atoms with Gasteiger partial charge in [0.15, 0.2) is 5.13 Å². The van der Waals surface area contributed by atoms with Crippen LogP contribution >= 0.6 is 11.3 Å². The van der Waals surface area contributed by atoms with Gasteiger partial charge in [0.25, 0.3) is 0 Å². The maximum absolute atomic E-state index is 11.2. The minimum atomic E-state index is -0.318. The Hall–Kier alpha value is -1.69. The monoisotopic (exact) mass is 254 g/mol. The molecule has 5 nitrogen and oxygen atoms in total.